The molecule has 0 radical (unpaired) electrons. The summed E-state index contributed by atoms with van der Waals surface area (Å²) in [5.74, 6) is 2.57. The van der Waals surface area contributed by atoms with Crippen LogP contribution in [-0.2, 0) is 6.42 Å². The summed E-state index contributed by atoms with van der Waals surface area (Å²) in [6.07, 6.45) is 4.06. The third-order valence-corrected chi connectivity index (χ3v) is 7.14. The van der Waals surface area contributed by atoms with Gasteiger partial charge in [-0.15, -0.1) is 5.10 Å². The number of carbonyl (C=O) groups excluding carboxylic acids is 1. The molecule has 3 aliphatic rings. The highest BCUT2D eigenvalue weighted by atomic mass is 16.7. The van der Waals surface area contributed by atoms with Crippen LogP contribution >= 0.6 is 0 Å². The molecule has 6 rings (SSSR count). The summed E-state index contributed by atoms with van der Waals surface area (Å²) in [5.41, 5.74) is 3.34. The van der Waals surface area contributed by atoms with Crippen molar-refractivity contribution in [2.75, 3.05) is 40.6 Å². The van der Waals surface area contributed by atoms with Gasteiger partial charge in [0.25, 0.3) is 5.91 Å². The summed E-state index contributed by atoms with van der Waals surface area (Å²) >= 11 is 0. The van der Waals surface area contributed by atoms with Gasteiger partial charge in [-0.2, -0.15) is 4.68 Å². The third-order valence-electron chi connectivity index (χ3n) is 7.14. The monoisotopic (exact) mass is 476 g/mol. The second kappa shape index (κ2) is 8.84. The van der Waals surface area contributed by atoms with E-state index >= 15 is 0 Å². The number of ether oxygens (including phenoxy) is 3. The quantitative estimate of drug-likeness (QED) is 0.567. The molecule has 1 fully saturated rings. The van der Waals surface area contributed by atoms with Crippen molar-refractivity contribution in [2.45, 2.75) is 31.7 Å². The maximum Gasteiger partial charge on any atom is 0.256 e. The number of likely N-dealkylation sites (N-methyl/N-ethyl adjacent to an activating group) is 1. The molecule has 182 valence electrons. The summed E-state index contributed by atoms with van der Waals surface area (Å²) in [7, 11) is 3.68. The van der Waals surface area contributed by atoms with Crippen LogP contribution in [-0.4, -0.2) is 76.5 Å². The van der Waals surface area contributed by atoms with Crippen LogP contribution in [0.1, 0.15) is 52.6 Å². The zero-order valence-corrected chi connectivity index (χ0v) is 19.9. The molecule has 1 amide bonds. The van der Waals surface area contributed by atoms with Crippen molar-refractivity contribution < 1.29 is 19.0 Å². The number of aromatic nitrogens is 4. The molecule has 10 heteroatoms. The van der Waals surface area contributed by atoms with E-state index in [4.69, 9.17) is 14.2 Å². The molecule has 0 saturated carbocycles. The number of hydrogen-bond acceptors (Lipinski definition) is 8. The van der Waals surface area contributed by atoms with E-state index in [9.17, 15) is 4.79 Å². The number of hydrogen-bond donors (Lipinski definition) is 0. The SMILES string of the molecule is COc1c2c(cc3c1[C@@H](c1nnnn1-c1ccccc1C(=O)N1CCCCC1)N(C)CC3)OCO2. The van der Waals surface area contributed by atoms with Gasteiger partial charge in [0.2, 0.25) is 12.5 Å². The van der Waals surface area contributed by atoms with Gasteiger partial charge >= 0.3 is 0 Å². The molecule has 3 aliphatic heterocycles. The molecule has 10 nitrogen and oxygen atoms in total. The van der Waals surface area contributed by atoms with Crippen molar-refractivity contribution in [1.29, 1.82) is 0 Å². The average molecular weight is 477 g/mol. The minimum atomic E-state index is -0.295. The van der Waals surface area contributed by atoms with Crippen LogP contribution in [0.2, 0.25) is 0 Å². The van der Waals surface area contributed by atoms with E-state index in [1.54, 1.807) is 11.8 Å². The Hall–Kier alpha value is -3.66. The molecule has 1 aromatic heterocycles. The first kappa shape index (κ1) is 21.8. The highest BCUT2D eigenvalue weighted by Crippen LogP contribution is 2.50. The number of rotatable bonds is 4. The second-order valence-electron chi connectivity index (χ2n) is 9.17. The summed E-state index contributed by atoms with van der Waals surface area (Å²) < 4.78 is 18.9. The second-order valence-corrected chi connectivity index (χ2v) is 9.17. The molecule has 0 bridgehead atoms. The van der Waals surface area contributed by atoms with E-state index in [1.807, 2.05) is 42.3 Å². The van der Waals surface area contributed by atoms with Gasteiger partial charge in [0, 0.05) is 25.2 Å². The molecular weight excluding hydrogens is 448 g/mol. The lowest BCUT2D eigenvalue weighted by Crippen LogP contribution is -2.37. The summed E-state index contributed by atoms with van der Waals surface area (Å²) in [6, 6.07) is 9.28. The molecule has 0 aliphatic carbocycles. The number of fused-ring (bicyclic) bond motifs is 2. The van der Waals surface area contributed by atoms with E-state index < -0.39 is 0 Å². The summed E-state index contributed by atoms with van der Waals surface area (Å²) in [5, 5.41) is 12.8. The summed E-state index contributed by atoms with van der Waals surface area (Å²) in [4.78, 5) is 17.6. The lowest BCUT2D eigenvalue weighted by atomic mass is 9.90. The molecule has 0 spiro atoms. The van der Waals surface area contributed by atoms with Crippen LogP contribution in [0.25, 0.3) is 5.69 Å². The number of carbonyl (C=O) groups is 1. The summed E-state index contributed by atoms with van der Waals surface area (Å²) in [6.45, 7) is 2.53. The number of nitrogens with zero attached hydrogens (tertiary/aromatic N) is 6. The molecule has 0 unspecified atom stereocenters. The van der Waals surface area contributed by atoms with E-state index in [0.29, 0.717) is 34.3 Å². The number of methoxy groups -OCH3 is 1. The molecule has 35 heavy (non-hydrogen) atoms. The van der Waals surface area contributed by atoms with Gasteiger partial charge in [-0.05, 0) is 66.9 Å². The maximum atomic E-state index is 13.5. The van der Waals surface area contributed by atoms with Crippen molar-refractivity contribution in [3.8, 4) is 22.9 Å². The fourth-order valence-corrected chi connectivity index (χ4v) is 5.40. The predicted molar refractivity (Wildman–Crippen MR) is 126 cm³/mol. The number of tetrazole rings is 1. The van der Waals surface area contributed by atoms with E-state index in [0.717, 1.165) is 56.4 Å². The Labute approximate surface area is 203 Å². The van der Waals surface area contributed by atoms with Gasteiger partial charge in [0.05, 0.1) is 18.4 Å². The predicted octanol–water partition coefficient (Wildman–Crippen LogP) is 2.60. The lowest BCUT2D eigenvalue weighted by Gasteiger charge is -2.35. The molecule has 0 N–H and O–H groups in total. The first-order valence-electron chi connectivity index (χ1n) is 12.0. The fraction of sp³-hybridized carbons (Fsp3) is 0.440. The fourth-order valence-electron chi connectivity index (χ4n) is 5.40. The first-order valence-corrected chi connectivity index (χ1v) is 12.0. The van der Waals surface area contributed by atoms with Crippen LogP contribution in [0.5, 0.6) is 17.2 Å². The van der Waals surface area contributed by atoms with Crippen LogP contribution in [0.15, 0.2) is 30.3 Å². The first-order chi connectivity index (χ1) is 17.2. The van der Waals surface area contributed by atoms with Gasteiger partial charge < -0.3 is 19.1 Å². The van der Waals surface area contributed by atoms with Gasteiger partial charge in [-0.3, -0.25) is 9.69 Å². The van der Waals surface area contributed by atoms with E-state index in [-0.39, 0.29) is 18.7 Å². The Kier molecular flexibility index (Phi) is 5.52. The Morgan fingerprint density at radius 3 is 2.77 bits per heavy atom. The zero-order chi connectivity index (χ0) is 23.9. The minimum absolute atomic E-state index is 0.0140. The largest absolute Gasteiger partial charge is 0.492 e. The standard InChI is InChI=1S/C25H28N6O4/c1-29-13-10-16-14-19-22(35-15-34-19)23(33-2)20(16)21(29)24-26-27-28-31(24)18-9-5-4-8-17(18)25(32)30-11-6-3-7-12-30/h4-5,8-9,14,21H,3,6-7,10-13,15H2,1-2H3/t21-/m0/s1. The van der Waals surface area contributed by atoms with Crippen molar-refractivity contribution in [3.05, 3.63) is 52.8 Å². The van der Waals surface area contributed by atoms with Crippen LogP contribution < -0.4 is 14.2 Å². The number of benzene rings is 2. The van der Waals surface area contributed by atoms with Gasteiger partial charge in [0.15, 0.2) is 17.3 Å². The van der Waals surface area contributed by atoms with Gasteiger partial charge in [0.1, 0.15) is 6.04 Å². The van der Waals surface area contributed by atoms with Crippen LogP contribution in [0, 0.1) is 0 Å². The molecular formula is C25H28N6O4. The van der Waals surface area contributed by atoms with Crippen molar-refractivity contribution >= 4 is 5.91 Å². The number of amides is 1. The van der Waals surface area contributed by atoms with Gasteiger partial charge in [-0.25, -0.2) is 0 Å². The lowest BCUT2D eigenvalue weighted by molar-refractivity contribution is 0.0724. The smallest absolute Gasteiger partial charge is 0.256 e. The van der Waals surface area contributed by atoms with Gasteiger partial charge in [-0.1, -0.05) is 12.1 Å². The zero-order valence-electron chi connectivity index (χ0n) is 19.9. The van der Waals surface area contributed by atoms with Crippen molar-refractivity contribution in [3.63, 3.8) is 0 Å². The Morgan fingerprint density at radius 2 is 1.94 bits per heavy atom. The van der Waals surface area contributed by atoms with Crippen molar-refractivity contribution in [2.24, 2.45) is 0 Å². The highest BCUT2D eigenvalue weighted by molar-refractivity contribution is 5.97. The van der Waals surface area contributed by atoms with E-state index in [1.165, 1.54) is 0 Å². The average Bonchev–Trinajstić information content (AvgIpc) is 3.57. The normalized spacial score (nSPS) is 19.5. The molecule has 4 heterocycles. The molecule has 3 aromatic rings. The number of likely N-dealkylation sites (tertiary alicyclic amines) is 1. The molecule has 2 aromatic carbocycles. The number of piperidine rings is 1. The Morgan fingerprint density at radius 1 is 1.11 bits per heavy atom. The highest BCUT2D eigenvalue weighted by Gasteiger charge is 2.38. The molecule has 1 atom stereocenters. The molecule has 1 saturated heterocycles. The minimum Gasteiger partial charge on any atom is -0.492 e. The number of para-hydroxylation sites is 1. The van der Waals surface area contributed by atoms with Crippen LogP contribution in [0.3, 0.4) is 0 Å². The van der Waals surface area contributed by atoms with Crippen molar-refractivity contribution in [1.82, 2.24) is 30.0 Å². The third kappa shape index (κ3) is 3.59. The Balaban J connectivity index is 1.47. The topological polar surface area (TPSA) is 94.8 Å². The Bertz CT molecular complexity index is 1270. The maximum absolute atomic E-state index is 13.5. The van der Waals surface area contributed by atoms with E-state index in [2.05, 4.69) is 20.4 Å². The van der Waals surface area contributed by atoms with Crippen LogP contribution in [0.4, 0.5) is 0 Å².